The molecule has 6 nitrogen and oxygen atoms in total. The van der Waals surface area contributed by atoms with Gasteiger partial charge in [0.25, 0.3) is 5.56 Å². The van der Waals surface area contributed by atoms with Crippen LogP contribution in [0.4, 0.5) is 23.5 Å². The second-order valence-corrected chi connectivity index (χ2v) is 5.72. The van der Waals surface area contributed by atoms with Gasteiger partial charge >= 0.3 is 6.18 Å². The third kappa shape index (κ3) is 4.47. The topological polar surface area (TPSA) is 93.9 Å². The van der Waals surface area contributed by atoms with Crippen molar-refractivity contribution in [1.82, 2.24) is 9.97 Å². The quantitative estimate of drug-likeness (QED) is 0.394. The van der Waals surface area contributed by atoms with Gasteiger partial charge in [-0.05, 0) is 17.7 Å². The van der Waals surface area contributed by atoms with E-state index in [1.54, 1.807) is 36.4 Å². The van der Waals surface area contributed by atoms with Crippen molar-refractivity contribution in [2.45, 2.75) is 6.18 Å². The number of alkyl halides is 3. The molecule has 2 N–H and O–H groups in total. The zero-order chi connectivity index (χ0) is 21.0. The van der Waals surface area contributed by atoms with Crippen LogP contribution in [0, 0.1) is 17.1 Å². The third-order valence-corrected chi connectivity index (χ3v) is 3.76. The van der Waals surface area contributed by atoms with Crippen molar-refractivity contribution in [3.63, 3.8) is 0 Å². The van der Waals surface area contributed by atoms with Gasteiger partial charge < -0.3 is 0 Å². The standard InChI is InChI=1S/C19H11F4N5O/c20-15-7-6-11(8-14(15)19(21,22)23)10-25-28-18-26-16(12-4-2-1-3-5-12)13(9-24)17(29)27-18/h1-8,10H,(H2,26,27,28,29). The van der Waals surface area contributed by atoms with E-state index in [1.807, 2.05) is 0 Å². The van der Waals surface area contributed by atoms with E-state index in [4.69, 9.17) is 0 Å². The highest BCUT2D eigenvalue weighted by Crippen LogP contribution is 2.31. The summed E-state index contributed by atoms with van der Waals surface area (Å²) in [6, 6.07) is 12.7. The Kier molecular flexibility index (Phi) is 5.40. The van der Waals surface area contributed by atoms with Crippen molar-refractivity contribution in [3.05, 3.63) is 81.4 Å². The number of hydrazone groups is 1. The van der Waals surface area contributed by atoms with Crippen LogP contribution in [0.5, 0.6) is 0 Å². The van der Waals surface area contributed by atoms with Gasteiger partial charge in [-0.2, -0.15) is 23.5 Å². The molecular weight excluding hydrogens is 390 g/mol. The zero-order valence-corrected chi connectivity index (χ0v) is 14.5. The first-order chi connectivity index (χ1) is 13.8. The number of hydrogen-bond donors (Lipinski definition) is 2. The first-order valence-electron chi connectivity index (χ1n) is 8.05. The van der Waals surface area contributed by atoms with Crippen molar-refractivity contribution in [3.8, 4) is 17.3 Å². The van der Waals surface area contributed by atoms with Crippen LogP contribution in [0.15, 0.2) is 58.4 Å². The summed E-state index contributed by atoms with van der Waals surface area (Å²) in [5, 5.41) is 12.9. The summed E-state index contributed by atoms with van der Waals surface area (Å²) in [5.74, 6) is -1.52. The fourth-order valence-electron chi connectivity index (χ4n) is 2.44. The van der Waals surface area contributed by atoms with E-state index in [-0.39, 0.29) is 22.8 Å². The van der Waals surface area contributed by atoms with Crippen molar-refractivity contribution < 1.29 is 17.6 Å². The van der Waals surface area contributed by atoms with E-state index < -0.39 is 23.1 Å². The number of nitrogens with zero attached hydrogens (tertiary/aromatic N) is 3. The molecule has 0 radical (unpaired) electrons. The van der Waals surface area contributed by atoms with Gasteiger partial charge in [0, 0.05) is 5.56 Å². The third-order valence-electron chi connectivity index (χ3n) is 3.76. The van der Waals surface area contributed by atoms with Crippen molar-refractivity contribution in [2.75, 3.05) is 5.43 Å². The van der Waals surface area contributed by atoms with Crippen LogP contribution in [0.25, 0.3) is 11.3 Å². The monoisotopic (exact) mass is 401 g/mol. The molecule has 0 unspecified atom stereocenters. The van der Waals surface area contributed by atoms with Gasteiger partial charge in [0.15, 0.2) is 0 Å². The summed E-state index contributed by atoms with van der Waals surface area (Å²) < 4.78 is 51.6. The highest BCUT2D eigenvalue weighted by Gasteiger charge is 2.34. The molecule has 1 heterocycles. The molecular formula is C19H11F4N5O. The van der Waals surface area contributed by atoms with Crippen LogP contribution in [0.1, 0.15) is 16.7 Å². The molecule has 0 saturated carbocycles. The summed E-state index contributed by atoms with van der Waals surface area (Å²) in [6.45, 7) is 0. The van der Waals surface area contributed by atoms with Crippen LogP contribution in [-0.4, -0.2) is 16.2 Å². The number of H-pyrrole nitrogens is 1. The molecule has 146 valence electrons. The summed E-state index contributed by atoms with van der Waals surface area (Å²) in [7, 11) is 0. The summed E-state index contributed by atoms with van der Waals surface area (Å²) in [4.78, 5) is 18.6. The lowest BCUT2D eigenvalue weighted by Crippen LogP contribution is -2.16. The van der Waals surface area contributed by atoms with Gasteiger partial charge in [-0.15, -0.1) is 0 Å². The maximum atomic E-state index is 13.3. The highest BCUT2D eigenvalue weighted by molar-refractivity contribution is 5.80. The maximum Gasteiger partial charge on any atom is 0.419 e. The molecule has 3 aromatic rings. The lowest BCUT2D eigenvalue weighted by atomic mass is 10.1. The number of aromatic amines is 1. The number of aromatic nitrogens is 2. The highest BCUT2D eigenvalue weighted by atomic mass is 19.4. The number of nitrogens with one attached hydrogen (secondary N) is 2. The van der Waals surface area contributed by atoms with Crippen LogP contribution in [0.2, 0.25) is 0 Å². The van der Waals surface area contributed by atoms with E-state index in [2.05, 4.69) is 20.5 Å². The summed E-state index contributed by atoms with van der Waals surface area (Å²) in [6.07, 6.45) is -3.83. The van der Waals surface area contributed by atoms with E-state index in [9.17, 15) is 27.6 Å². The molecule has 0 aliphatic heterocycles. The molecule has 0 fully saturated rings. The Morgan fingerprint density at radius 2 is 1.90 bits per heavy atom. The van der Waals surface area contributed by atoms with Crippen LogP contribution < -0.4 is 11.0 Å². The van der Waals surface area contributed by atoms with E-state index in [0.717, 1.165) is 12.3 Å². The van der Waals surface area contributed by atoms with Gasteiger partial charge in [-0.25, -0.2) is 14.8 Å². The lowest BCUT2D eigenvalue weighted by molar-refractivity contribution is -0.140. The Hall–Kier alpha value is -4.00. The van der Waals surface area contributed by atoms with E-state index >= 15 is 0 Å². The SMILES string of the molecule is N#Cc1c(-c2ccccc2)nc(NN=Cc2ccc(F)c(C(F)(F)F)c2)[nH]c1=O. The van der Waals surface area contributed by atoms with Crippen molar-refractivity contribution in [2.24, 2.45) is 5.10 Å². The molecule has 0 saturated heterocycles. The minimum Gasteiger partial charge on any atom is -0.290 e. The number of halogens is 4. The predicted molar refractivity (Wildman–Crippen MR) is 97.6 cm³/mol. The minimum atomic E-state index is -4.84. The van der Waals surface area contributed by atoms with Gasteiger partial charge in [0.05, 0.1) is 17.5 Å². The first kappa shape index (κ1) is 19.8. The Morgan fingerprint density at radius 1 is 1.17 bits per heavy atom. The molecule has 10 heteroatoms. The lowest BCUT2D eigenvalue weighted by Gasteiger charge is -2.08. The first-order valence-corrected chi connectivity index (χ1v) is 8.05. The number of anilines is 1. The Morgan fingerprint density at radius 3 is 2.55 bits per heavy atom. The Bertz CT molecular complexity index is 1160. The fourth-order valence-corrected chi connectivity index (χ4v) is 2.44. The molecule has 0 bridgehead atoms. The normalized spacial score (nSPS) is 11.4. The van der Waals surface area contributed by atoms with Crippen LogP contribution >= 0.6 is 0 Å². The second kappa shape index (κ2) is 7.93. The summed E-state index contributed by atoms with van der Waals surface area (Å²) in [5.41, 5.74) is 0.686. The number of benzene rings is 2. The Balaban J connectivity index is 1.90. The number of nitriles is 1. The molecule has 1 aromatic heterocycles. The largest absolute Gasteiger partial charge is 0.419 e. The molecule has 29 heavy (non-hydrogen) atoms. The Labute approximate surface area is 161 Å². The second-order valence-electron chi connectivity index (χ2n) is 5.72. The van der Waals surface area contributed by atoms with Gasteiger partial charge in [0.2, 0.25) is 5.95 Å². The number of rotatable bonds is 4. The van der Waals surface area contributed by atoms with Gasteiger partial charge in [0.1, 0.15) is 17.4 Å². The fraction of sp³-hybridized carbons (Fsp3) is 0.0526. The molecule has 0 spiro atoms. The summed E-state index contributed by atoms with van der Waals surface area (Å²) >= 11 is 0. The van der Waals surface area contributed by atoms with Crippen molar-refractivity contribution in [1.29, 1.82) is 5.26 Å². The number of hydrogen-bond acceptors (Lipinski definition) is 5. The molecule has 3 rings (SSSR count). The van der Waals surface area contributed by atoms with Crippen molar-refractivity contribution >= 4 is 12.2 Å². The smallest absolute Gasteiger partial charge is 0.290 e. The van der Waals surface area contributed by atoms with Gasteiger partial charge in [-0.3, -0.25) is 9.78 Å². The minimum absolute atomic E-state index is 0.0227. The average Bonchev–Trinajstić information content (AvgIpc) is 2.68. The average molecular weight is 401 g/mol. The molecule has 0 atom stereocenters. The van der Waals surface area contributed by atoms with Gasteiger partial charge in [-0.1, -0.05) is 36.4 Å². The predicted octanol–water partition coefficient (Wildman–Crippen LogP) is 3.91. The molecule has 0 aliphatic rings. The zero-order valence-electron chi connectivity index (χ0n) is 14.5. The van der Waals surface area contributed by atoms with E-state index in [1.165, 1.54) is 0 Å². The van der Waals surface area contributed by atoms with Crippen LogP contribution in [0.3, 0.4) is 0 Å². The van der Waals surface area contributed by atoms with Crippen LogP contribution in [-0.2, 0) is 6.18 Å². The van der Waals surface area contributed by atoms with E-state index in [0.29, 0.717) is 17.7 Å². The maximum absolute atomic E-state index is 13.3. The molecule has 0 amide bonds. The molecule has 0 aliphatic carbocycles. The molecule has 2 aromatic carbocycles.